The molecule has 2 unspecified atom stereocenters. The second-order valence-electron chi connectivity index (χ2n) is 7.92. The highest BCUT2D eigenvalue weighted by Crippen LogP contribution is 2.36. The Balaban J connectivity index is 1.58. The van der Waals surface area contributed by atoms with Crippen LogP contribution in [0.25, 0.3) is 0 Å². The number of hydrogen-bond acceptors (Lipinski definition) is 4. The number of amides is 4. The monoisotopic (exact) mass is 407 g/mol. The Morgan fingerprint density at radius 3 is 2.30 bits per heavy atom. The number of carbonyl (C=O) groups is 3. The van der Waals surface area contributed by atoms with Crippen LogP contribution in [0.3, 0.4) is 0 Å². The predicted octanol–water partition coefficient (Wildman–Crippen LogP) is 3.33. The minimum absolute atomic E-state index is 0.0697. The lowest BCUT2D eigenvalue weighted by Crippen LogP contribution is -2.61. The van der Waals surface area contributed by atoms with E-state index in [2.05, 4.69) is 0 Å². The maximum absolute atomic E-state index is 13.4. The zero-order valence-electron chi connectivity index (χ0n) is 16.7. The van der Waals surface area contributed by atoms with Crippen molar-refractivity contribution < 1.29 is 19.6 Å². The van der Waals surface area contributed by atoms with Crippen molar-refractivity contribution in [2.45, 2.75) is 44.8 Å². The molecule has 156 valence electrons. The van der Waals surface area contributed by atoms with Gasteiger partial charge in [-0.2, -0.15) is 0 Å². The number of nitrogens with one attached hydrogen (secondary N) is 1. The Morgan fingerprint density at radius 1 is 0.933 bits per heavy atom. The Labute approximate surface area is 175 Å². The Morgan fingerprint density at radius 2 is 1.60 bits per heavy atom. The summed E-state index contributed by atoms with van der Waals surface area (Å²) in [4.78, 5) is 41.2. The van der Waals surface area contributed by atoms with Gasteiger partial charge in [0.2, 0.25) is 5.91 Å². The van der Waals surface area contributed by atoms with E-state index in [-0.39, 0.29) is 30.4 Å². The van der Waals surface area contributed by atoms with E-state index < -0.39 is 5.91 Å². The summed E-state index contributed by atoms with van der Waals surface area (Å²) in [6.45, 7) is 0.646. The van der Waals surface area contributed by atoms with Gasteiger partial charge >= 0.3 is 6.03 Å². The third kappa shape index (κ3) is 3.93. The van der Waals surface area contributed by atoms with Gasteiger partial charge < -0.3 is 4.90 Å². The fourth-order valence-electron chi connectivity index (χ4n) is 4.48. The normalized spacial score (nSPS) is 21.4. The molecule has 0 radical (unpaired) electrons. The van der Waals surface area contributed by atoms with Crippen molar-refractivity contribution in [1.29, 1.82) is 0 Å². The van der Waals surface area contributed by atoms with E-state index in [1.165, 1.54) is 4.90 Å². The summed E-state index contributed by atoms with van der Waals surface area (Å²) < 4.78 is 0. The lowest BCUT2D eigenvalue weighted by atomic mass is 9.81. The molecule has 0 aromatic heterocycles. The molecule has 2 fully saturated rings. The number of nitrogens with zero attached hydrogens (tertiary/aromatic N) is 2. The van der Waals surface area contributed by atoms with Crippen molar-refractivity contribution in [3.05, 3.63) is 71.3 Å². The van der Waals surface area contributed by atoms with Gasteiger partial charge in [-0.05, 0) is 36.1 Å². The molecule has 0 bridgehead atoms. The number of imide groups is 1. The molecule has 7 heteroatoms. The minimum atomic E-state index is -0.581. The van der Waals surface area contributed by atoms with Crippen LogP contribution in [0.4, 0.5) is 4.79 Å². The predicted molar refractivity (Wildman–Crippen MR) is 109 cm³/mol. The standard InChI is InChI=1S/C23H25N3O4/c27-21(24-30)18-12-10-17(11-13-18)14-25-20-9-5-4-8-19(20)22(28)26(23(25)29)15-16-6-2-1-3-7-16/h1-3,6-7,10-13,19-20,30H,4-5,8-9,14-15H2,(H,24,27). The smallest absolute Gasteiger partial charge is 0.316 e. The van der Waals surface area contributed by atoms with E-state index in [0.29, 0.717) is 12.1 Å². The third-order valence-electron chi connectivity index (χ3n) is 6.04. The first-order valence-electron chi connectivity index (χ1n) is 10.3. The van der Waals surface area contributed by atoms with Gasteiger partial charge in [0.25, 0.3) is 5.91 Å². The number of hydrogen-bond donors (Lipinski definition) is 2. The zero-order chi connectivity index (χ0) is 21.1. The van der Waals surface area contributed by atoms with Gasteiger partial charge in [0.05, 0.1) is 12.5 Å². The van der Waals surface area contributed by atoms with Crippen LogP contribution in [-0.2, 0) is 17.9 Å². The molecule has 1 aliphatic carbocycles. The molecule has 0 spiro atoms. The fraction of sp³-hybridized carbons (Fsp3) is 0.348. The molecule has 4 amide bonds. The summed E-state index contributed by atoms with van der Waals surface area (Å²) in [5.74, 6) is -0.818. The Kier molecular flexibility index (Phi) is 5.81. The summed E-state index contributed by atoms with van der Waals surface area (Å²) in [6, 6.07) is 16.0. The summed E-state index contributed by atoms with van der Waals surface area (Å²) in [5.41, 5.74) is 3.74. The van der Waals surface area contributed by atoms with E-state index >= 15 is 0 Å². The van der Waals surface area contributed by atoms with Crippen LogP contribution in [-0.4, -0.2) is 38.9 Å². The molecular weight excluding hydrogens is 382 g/mol. The van der Waals surface area contributed by atoms with Gasteiger partial charge in [-0.1, -0.05) is 55.3 Å². The van der Waals surface area contributed by atoms with Crippen LogP contribution in [0.15, 0.2) is 54.6 Å². The Hall–Kier alpha value is -3.19. The zero-order valence-corrected chi connectivity index (χ0v) is 16.7. The van der Waals surface area contributed by atoms with Crippen molar-refractivity contribution >= 4 is 17.8 Å². The molecule has 2 N–H and O–H groups in total. The Bertz CT molecular complexity index is 929. The van der Waals surface area contributed by atoms with Gasteiger partial charge in [0.15, 0.2) is 0 Å². The maximum Gasteiger partial charge on any atom is 0.327 e. The number of hydroxylamine groups is 1. The molecule has 2 atom stereocenters. The van der Waals surface area contributed by atoms with E-state index in [1.54, 1.807) is 29.7 Å². The molecule has 2 aromatic rings. The second kappa shape index (κ2) is 8.67. The second-order valence-corrected chi connectivity index (χ2v) is 7.92. The van der Waals surface area contributed by atoms with Gasteiger partial charge in [-0.15, -0.1) is 0 Å². The van der Waals surface area contributed by atoms with Crippen LogP contribution >= 0.6 is 0 Å². The average molecular weight is 407 g/mol. The molecule has 1 saturated carbocycles. The molecule has 7 nitrogen and oxygen atoms in total. The molecule has 4 rings (SSSR count). The van der Waals surface area contributed by atoms with E-state index in [4.69, 9.17) is 5.21 Å². The molecule has 2 aliphatic rings. The van der Waals surface area contributed by atoms with Gasteiger partial charge in [-0.3, -0.25) is 19.7 Å². The van der Waals surface area contributed by atoms with Crippen LogP contribution < -0.4 is 5.48 Å². The molecule has 30 heavy (non-hydrogen) atoms. The van der Waals surface area contributed by atoms with Crippen molar-refractivity contribution in [2.75, 3.05) is 0 Å². The fourth-order valence-corrected chi connectivity index (χ4v) is 4.48. The summed E-state index contributed by atoms with van der Waals surface area (Å²) in [5, 5.41) is 8.77. The molecule has 2 aromatic carbocycles. The number of carbonyl (C=O) groups excluding carboxylic acids is 3. The topological polar surface area (TPSA) is 89.9 Å². The third-order valence-corrected chi connectivity index (χ3v) is 6.04. The van der Waals surface area contributed by atoms with Crippen LogP contribution in [0.5, 0.6) is 0 Å². The number of benzene rings is 2. The van der Waals surface area contributed by atoms with E-state index in [1.807, 2.05) is 35.2 Å². The summed E-state index contributed by atoms with van der Waals surface area (Å²) >= 11 is 0. The van der Waals surface area contributed by atoms with E-state index in [0.717, 1.165) is 36.8 Å². The van der Waals surface area contributed by atoms with Crippen molar-refractivity contribution in [3.63, 3.8) is 0 Å². The van der Waals surface area contributed by atoms with Gasteiger partial charge in [0.1, 0.15) is 0 Å². The highest BCUT2D eigenvalue weighted by atomic mass is 16.5. The SMILES string of the molecule is O=C(NO)c1ccc(CN2C(=O)N(Cc3ccccc3)C(=O)C3CCCCC32)cc1. The number of fused-ring (bicyclic) bond motifs is 1. The highest BCUT2D eigenvalue weighted by Gasteiger charge is 2.46. The van der Waals surface area contributed by atoms with Crippen LogP contribution in [0, 0.1) is 5.92 Å². The number of urea groups is 1. The van der Waals surface area contributed by atoms with Crippen molar-refractivity contribution in [3.8, 4) is 0 Å². The maximum atomic E-state index is 13.4. The molecule has 1 aliphatic heterocycles. The van der Waals surface area contributed by atoms with Crippen LogP contribution in [0.1, 0.15) is 47.2 Å². The van der Waals surface area contributed by atoms with Gasteiger partial charge in [0, 0.05) is 18.2 Å². The largest absolute Gasteiger partial charge is 0.327 e. The first kappa shape index (κ1) is 20.1. The van der Waals surface area contributed by atoms with E-state index in [9.17, 15) is 14.4 Å². The first-order chi connectivity index (χ1) is 14.6. The van der Waals surface area contributed by atoms with Crippen molar-refractivity contribution in [2.24, 2.45) is 5.92 Å². The first-order valence-corrected chi connectivity index (χ1v) is 10.3. The minimum Gasteiger partial charge on any atom is -0.316 e. The molecular formula is C23H25N3O4. The number of rotatable bonds is 5. The average Bonchev–Trinajstić information content (AvgIpc) is 2.80. The summed E-state index contributed by atoms with van der Waals surface area (Å²) in [6.07, 6.45) is 3.63. The van der Waals surface area contributed by atoms with Crippen LogP contribution in [0.2, 0.25) is 0 Å². The lowest BCUT2D eigenvalue weighted by molar-refractivity contribution is -0.141. The lowest BCUT2D eigenvalue weighted by Gasteiger charge is -2.47. The van der Waals surface area contributed by atoms with Gasteiger partial charge in [-0.25, -0.2) is 10.3 Å². The molecule has 1 heterocycles. The summed E-state index contributed by atoms with van der Waals surface area (Å²) in [7, 11) is 0. The molecule has 1 saturated heterocycles. The highest BCUT2D eigenvalue weighted by molar-refractivity contribution is 5.98. The quantitative estimate of drug-likeness (QED) is 0.588. The van der Waals surface area contributed by atoms with Crippen molar-refractivity contribution in [1.82, 2.24) is 15.3 Å².